The van der Waals surface area contributed by atoms with E-state index in [4.69, 9.17) is 19.7 Å². The second kappa shape index (κ2) is 9.98. The maximum absolute atomic E-state index is 11.8. The van der Waals surface area contributed by atoms with E-state index in [0.717, 1.165) is 20.2 Å². The van der Waals surface area contributed by atoms with Crippen molar-refractivity contribution in [2.75, 3.05) is 37.1 Å². The van der Waals surface area contributed by atoms with Crippen LogP contribution in [0.1, 0.15) is 15.9 Å². The number of carbonyl (C=O) groups is 3. The molecule has 0 radical (unpaired) electrons. The number of hydrogen-bond acceptors (Lipinski definition) is 7. The van der Waals surface area contributed by atoms with Gasteiger partial charge in [-0.05, 0) is 36.4 Å². The van der Waals surface area contributed by atoms with Crippen molar-refractivity contribution < 1.29 is 34.1 Å². The van der Waals surface area contributed by atoms with Crippen LogP contribution in [-0.2, 0) is 24.8 Å². The number of aliphatic hydroxyl groups excluding tert-OH is 2. The molecule has 0 aliphatic carbocycles. The molecule has 4 N–H and O–H groups in total. The predicted octanol–water partition coefficient (Wildman–Crippen LogP) is 2.16. The number of ether oxygens (including phenoxy) is 2. The summed E-state index contributed by atoms with van der Waals surface area (Å²) >= 11 is 6.59. The Hall–Kier alpha value is -2.15. The van der Waals surface area contributed by atoms with Crippen molar-refractivity contribution in [1.82, 2.24) is 0 Å². The molecule has 0 bridgehead atoms. The van der Waals surface area contributed by atoms with Crippen LogP contribution in [-0.4, -0.2) is 54.2 Å². The summed E-state index contributed by atoms with van der Waals surface area (Å²) in [5, 5.41) is 20.5. The highest BCUT2D eigenvalue weighted by Gasteiger charge is 2.52. The summed E-state index contributed by atoms with van der Waals surface area (Å²) < 4.78 is 12.6. The molecule has 1 spiro atoms. The van der Waals surface area contributed by atoms with Crippen LogP contribution >= 0.6 is 31.9 Å². The molecule has 3 heterocycles. The smallest absolute Gasteiger partial charge is 0.296 e. The van der Waals surface area contributed by atoms with Crippen LogP contribution in [0.2, 0.25) is 0 Å². The Bertz CT molecular complexity index is 1020. The molecule has 9 nitrogen and oxygen atoms in total. The molecule has 11 heteroatoms. The highest BCUT2D eigenvalue weighted by molar-refractivity contribution is 9.10. The Balaban J connectivity index is 0.000000153. The lowest BCUT2D eigenvalue weighted by Crippen LogP contribution is -2.35. The molecule has 1 saturated heterocycles. The summed E-state index contributed by atoms with van der Waals surface area (Å²) in [6, 6.07) is 10.7. The van der Waals surface area contributed by atoms with Gasteiger partial charge in [0.15, 0.2) is 0 Å². The highest BCUT2D eigenvalue weighted by Crippen LogP contribution is 2.43. The van der Waals surface area contributed by atoms with E-state index < -0.39 is 17.5 Å². The van der Waals surface area contributed by atoms with Gasteiger partial charge in [-0.2, -0.15) is 0 Å². The van der Waals surface area contributed by atoms with Crippen LogP contribution in [0.3, 0.4) is 0 Å². The Morgan fingerprint density at radius 3 is 2.06 bits per heavy atom. The number of nitrogens with one attached hydrogen (secondary N) is 2. The zero-order valence-electron chi connectivity index (χ0n) is 16.0. The lowest BCUT2D eigenvalue weighted by molar-refractivity contribution is -0.178. The van der Waals surface area contributed by atoms with Gasteiger partial charge in [-0.1, -0.05) is 31.9 Å². The van der Waals surface area contributed by atoms with Gasteiger partial charge < -0.3 is 30.3 Å². The normalized spacial score (nSPS) is 17.1. The first kappa shape index (κ1) is 23.5. The van der Waals surface area contributed by atoms with Gasteiger partial charge in [0.05, 0.1) is 43.4 Å². The van der Waals surface area contributed by atoms with Gasteiger partial charge in [-0.15, -0.1) is 0 Å². The predicted molar refractivity (Wildman–Crippen MR) is 118 cm³/mol. The van der Waals surface area contributed by atoms with Crippen molar-refractivity contribution >= 4 is 60.8 Å². The number of anilines is 2. The van der Waals surface area contributed by atoms with E-state index >= 15 is 0 Å². The molecular weight excluding hydrogens is 540 g/mol. The van der Waals surface area contributed by atoms with Crippen LogP contribution in [0.15, 0.2) is 45.3 Å². The highest BCUT2D eigenvalue weighted by atomic mass is 79.9. The van der Waals surface area contributed by atoms with Gasteiger partial charge in [-0.25, -0.2) is 0 Å². The standard InChI is InChI=1S/C10H8BrNO3.C8H4BrNO2.C2H6O2/c11-6-1-2-8-7(5-6)10(9(13)12-8)14-3-4-15-10;9-4-1-2-6-5(3-4)7(11)8(12)10-6;3-1-2-4/h1-2,5H,3-4H2,(H,12,13);1-3H,(H,10,11,12);3-4H,1-2H2. The quantitative estimate of drug-likeness (QED) is 0.395. The van der Waals surface area contributed by atoms with E-state index in [2.05, 4.69) is 42.5 Å². The second-order valence-electron chi connectivity index (χ2n) is 6.38. The molecule has 2 aromatic rings. The SMILES string of the molecule is O=C1Nc2ccc(Br)cc2C12OCCO2.O=C1Nc2ccc(Br)cc2C1=O.OCCO. The number of rotatable bonds is 1. The molecule has 164 valence electrons. The zero-order chi connectivity index (χ0) is 22.6. The molecule has 1 fully saturated rings. The number of carbonyl (C=O) groups excluding carboxylic acids is 3. The molecule has 3 aliphatic rings. The van der Waals surface area contributed by atoms with Crippen molar-refractivity contribution in [1.29, 1.82) is 0 Å². The number of halogens is 2. The van der Waals surface area contributed by atoms with Gasteiger partial charge in [0, 0.05) is 14.5 Å². The van der Waals surface area contributed by atoms with Crippen molar-refractivity contribution in [3.05, 3.63) is 56.5 Å². The summed E-state index contributed by atoms with van der Waals surface area (Å²) in [5.41, 5.74) is 2.53. The minimum atomic E-state index is -1.21. The molecule has 0 unspecified atom stereocenters. The molecule has 31 heavy (non-hydrogen) atoms. The van der Waals surface area contributed by atoms with Crippen LogP contribution in [0.25, 0.3) is 0 Å². The maximum atomic E-state index is 11.8. The second-order valence-corrected chi connectivity index (χ2v) is 8.21. The first-order valence-electron chi connectivity index (χ1n) is 9.08. The summed E-state index contributed by atoms with van der Waals surface area (Å²) in [4.78, 5) is 33.8. The maximum Gasteiger partial charge on any atom is 0.296 e. The van der Waals surface area contributed by atoms with Gasteiger partial charge in [-0.3, -0.25) is 14.4 Å². The minimum Gasteiger partial charge on any atom is -0.394 e. The van der Waals surface area contributed by atoms with Crippen molar-refractivity contribution in [3.8, 4) is 0 Å². The molecule has 5 rings (SSSR count). The lowest BCUT2D eigenvalue weighted by atomic mass is 10.1. The van der Waals surface area contributed by atoms with E-state index in [1.807, 2.05) is 18.2 Å². The molecule has 3 aliphatic heterocycles. The number of amides is 2. The van der Waals surface area contributed by atoms with Crippen LogP contribution in [0.4, 0.5) is 11.4 Å². The first-order valence-corrected chi connectivity index (χ1v) is 10.7. The van der Waals surface area contributed by atoms with E-state index in [0.29, 0.717) is 24.5 Å². The molecule has 0 aromatic heterocycles. The summed E-state index contributed by atoms with van der Waals surface area (Å²) in [7, 11) is 0. The monoisotopic (exact) mass is 556 g/mol. The molecule has 2 amide bonds. The molecule has 2 aromatic carbocycles. The third-order valence-electron chi connectivity index (χ3n) is 4.36. The van der Waals surface area contributed by atoms with Gasteiger partial charge >= 0.3 is 0 Å². The number of Topliss-reactive ketones (excluding diaryl/α,β-unsaturated/α-hetero) is 1. The zero-order valence-corrected chi connectivity index (χ0v) is 19.2. The number of aliphatic hydroxyl groups is 2. The van der Waals surface area contributed by atoms with Gasteiger partial charge in [0.2, 0.25) is 0 Å². The Morgan fingerprint density at radius 1 is 0.871 bits per heavy atom. The van der Waals surface area contributed by atoms with Crippen molar-refractivity contribution in [2.45, 2.75) is 5.79 Å². The number of benzene rings is 2. The van der Waals surface area contributed by atoms with Crippen molar-refractivity contribution in [2.24, 2.45) is 0 Å². The van der Waals surface area contributed by atoms with Gasteiger partial charge in [0.1, 0.15) is 0 Å². The average molecular weight is 558 g/mol. The van der Waals surface area contributed by atoms with Crippen LogP contribution in [0, 0.1) is 0 Å². The molecule has 0 saturated carbocycles. The Kier molecular flexibility index (Phi) is 7.57. The Morgan fingerprint density at radius 2 is 1.45 bits per heavy atom. The summed E-state index contributed by atoms with van der Waals surface area (Å²) in [5.74, 6) is -2.47. The fourth-order valence-electron chi connectivity index (χ4n) is 3.04. The Labute approximate surface area is 194 Å². The van der Waals surface area contributed by atoms with E-state index in [1.165, 1.54) is 0 Å². The molecular formula is C20H18Br2N2O7. The topological polar surface area (TPSA) is 134 Å². The summed E-state index contributed by atoms with van der Waals surface area (Å²) in [6.45, 7) is 0.638. The summed E-state index contributed by atoms with van der Waals surface area (Å²) in [6.07, 6.45) is 0. The number of hydrogen-bond donors (Lipinski definition) is 4. The largest absolute Gasteiger partial charge is 0.394 e. The van der Waals surface area contributed by atoms with Crippen LogP contribution in [0.5, 0.6) is 0 Å². The van der Waals surface area contributed by atoms with E-state index in [-0.39, 0.29) is 19.1 Å². The average Bonchev–Trinajstić information content (AvgIpc) is 3.43. The number of fused-ring (bicyclic) bond motifs is 3. The first-order chi connectivity index (χ1) is 14.8. The third-order valence-corrected chi connectivity index (χ3v) is 5.34. The van der Waals surface area contributed by atoms with E-state index in [1.54, 1.807) is 18.2 Å². The van der Waals surface area contributed by atoms with Gasteiger partial charge in [0.25, 0.3) is 23.4 Å². The third kappa shape index (κ3) is 4.86. The van der Waals surface area contributed by atoms with Crippen LogP contribution < -0.4 is 10.6 Å². The number of ketones is 1. The molecule has 0 atom stereocenters. The fraction of sp³-hybridized carbons (Fsp3) is 0.250. The minimum absolute atomic E-state index is 0.125. The fourth-order valence-corrected chi connectivity index (χ4v) is 3.76. The van der Waals surface area contributed by atoms with Crippen molar-refractivity contribution in [3.63, 3.8) is 0 Å². The lowest BCUT2D eigenvalue weighted by Gasteiger charge is -2.19. The van der Waals surface area contributed by atoms with E-state index in [9.17, 15) is 14.4 Å².